The van der Waals surface area contributed by atoms with Crippen molar-refractivity contribution in [3.05, 3.63) is 69.2 Å². The Morgan fingerprint density at radius 2 is 1.66 bits per heavy atom. The highest BCUT2D eigenvalue weighted by molar-refractivity contribution is 6.30. The third-order valence-electron chi connectivity index (χ3n) is 4.02. The zero-order valence-electron chi connectivity index (χ0n) is 16.0. The number of anilines is 1. The third kappa shape index (κ3) is 5.92. The summed E-state index contributed by atoms with van der Waals surface area (Å²) in [5.74, 6) is -2.94. The van der Waals surface area contributed by atoms with Gasteiger partial charge in [-0.05, 0) is 43.7 Å². The summed E-state index contributed by atoms with van der Waals surface area (Å²) in [5.41, 5.74) is 0.752. The van der Waals surface area contributed by atoms with Gasteiger partial charge in [0.2, 0.25) is 0 Å². The van der Waals surface area contributed by atoms with Crippen molar-refractivity contribution in [3.8, 4) is 0 Å². The molecule has 154 valence electrons. The number of benzene rings is 2. The molecule has 0 amide bonds. The SMILES string of the molecule is CCOC(=O)C(C(=O)OCC)C(Nc1ccc(Cl)cc1)c1cccc([N+](=O)[O-])c1. The van der Waals surface area contributed by atoms with Crippen molar-refractivity contribution in [2.45, 2.75) is 19.9 Å². The number of hydrogen-bond acceptors (Lipinski definition) is 7. The van der Waals surface area contributed by atoms with Crippen LogP contribution >= 0.6 is 11.6 Å². The quantitative estimate of drug-likeness (QED) is 0.281. The first-order valence-corrected chi connectivity index (χ1v) is 9.34. The minimum Gasteiger partial charge on any atom is -0.465 e. The summed E-state index contributed by atoms with van der Waals surface area (Å²) in [4.78, 5) is 35.9. The van der Waals surface area contributed by atoms with E-state index in [2.05, 4.69) is 5.32 Å². The van der Waals surface area contributed by atoms with E-state index in [1.165, 1.54) is 18.2 Å². The average molecular weight is 421 g/mol. The molecule has 0 spiro atoms. The van der Waals surface area contributed by atoms with Crippen LogP contribution in [0, 0.1) is 16.0 Å². The number of nitrogens with one attached hydrogen (secondary N) is 1. The molecule has 8 nitrogen and oxygen atoms in total. The lowest BCUT2D eigenvalue weighted by Crippen LogP contribution is -2.36. The summed E-state index contributed by atoms with van der Waals surface area (Å²) in [7, 11) is 0. The lowest BCUT2D eigenvalue weighted by molar-refractivity contribution is -0.384. The van der Waals surface area contributed by atoms with Crippen molar-refractivity contribution < 1.29 is 24.0 Å². The molecule has 1 atom stereocenters. The van der Waals surface area contributed by atoms with Crippen molar-refractivity contribution in [2.24, 2.45) is 5.92 Å². The molecular formula is C20H21ClN2O6. The number of esters is 2. The van der Waals surface area contributed by atoms with E-state index in [9.17, 15) is 19.7 Å². The predicted octanol–water partition coefficient (Wildman–Crippen LogP) is 4.14. The Labute approximate surface area is 172 Å². The number of ether oxygens (including phenoxy) is 2. The first-order chi connectivity index (χ1) is 13.9. The van der Waals surface area contributed by atoms with Gasteiger partial charge in [-0.1, -0.05) is 23.7 Å². The van der Waals surface area contributed by atoms with Crippen molar-refractivity contribution in [2.75, 3.05) is 18.5 Å². The van der Waals surface area contributed by atoms with Gasteiger partial charge in [-0.3, -0.25) is 19.7 Å². The van der Waals surface area contributed by atoms with Gasteiger partial charge < -0.3 is 14.8 Å². The maximum absolute atomic E-state index is 12.6. The van der Waals surface area contributed by atoms with Crippen LogP contribution in [0.3, 0.4) is 0 Å². The molecule has 2 rings (SSSR count). The number of nitro groups is 1. The van der Waals surface area contributed by atoms with Gasteiger partial charge in [0.15, 0.2) is 5.92 Å². The number of carbonyl (C=O) groups is 2. The highest BCUT2D eigenvalue weighted by Gasteiger charge is 2.39. The Morgan fingerprint density at radius 1 is 1.07 bits per heavy atom. The second-order valence-corrected chi connectivity index (χ2v) is 6.40. The Hall–Kier alpha value is -3.13. The molecule has 1 unspecified atom stereocenters. The molecule has 0 fully saturated rings. The zero-order valence-corrected chi connectivity index (χ0v) is 16.7. The first kappa shape index (κ1) is 22.2. The van der Waals surface area contributed by atoms with E-state index < -0.39 is 28.8 Å². The smallest absolute Gasteiger partial charge is 0.322 e. The van der Waals surface area contributed by atoms with Crippen LogP contribution in [0.25, 0.3) is 0 Å². The molecule has 0 aliphatic carbocycles. The fourth-order valence-electron chi connectivity index (χ4n) is 2.75. The fourth-order valence-corrected chi connectivity index (χ4v) is 2.88. The van der Waals surface area contributed by atoms with Gasteiger partial charge in [0, 0.05) is 22.8 Å². The van der Waals surface area contributed by atoms with Crippen LogP contribution in [0.5, 0.6) is 0 Å². The van der Waals surface area contributed by atoms with Crippen LogP contribution in [0.15, 0.2) is 48.5 Å². The van der Waals surface area contributed by atoms with Crippen molar-refractivity contribution in [1.82, 2.24) is 0 Å². The second kappa shape index (κ2) is 10.4. The van der Waals surface area contributed by atoms with E-state index in [0.717, 1.165) is 0 Å². The number of hydrogen-bond donors (Lipinski definition) is 1. The van der Waals surface area contributed by atoms with Crippen molar-refractivity contribution >= 4 is 34.9 Å². The maximum Gasteiger partial charge on any atom is 0.322 e. The largest absolute Gasteiger partial charge is 0.465 e. The molecule has 0 aliphatic heterocycles. The zero-order chi connectivity index (χ0) is 21.4. The molecule has 0 saturated heterocycles. The molecule has 29 heavy (non-hydrogen) atoms. The van der Waals surface area contributed by atoms with Crippen molar-refractivity contribution in [3.63, 3.8) is 0 Å². The number of carbonyl (C=O) groups excluding carboxylic acids is 2. The van der Waals surface area contributed by atoms with Gasteiger partial charge in [-0.2, -0.15) is 0 Å². The number of non-ortho nitro benzene ring substituents is 1. The summed E-state index contributed by atoms with van der Waals surface area (Å²) in [6.07, 6.45) is 0. The van der Waals surface area contributed by atoms with Crippen LogP contribution in [-0.2, 0) is 19.1 Å². The Morgan fingerprint density at radius 3 is 2.17 bits per heavy atom. The minimum absolute atomic E-state index is 0.0668. The average Bonchev–Trinajstić information content (AvgIpc) is 2.69. The first-order valence-electron chi connectivity index (χ1n) is 8.97. The molecule has 0 radical (unpaired) electrons. The van der Waals surface area contributed by atoms with E-state index in [-0.39, 0.29) is 18.9 Å². The highest BCUT2D eigenvalue weighted by atomic mass is 35.5. The summed E-state index contributed by atoms with van der Waals surface area (Å²) >= 11 is 5.92. The van der Waals surface area contributed by atoms with Crippen molar-refractivity contribution in [1.29, 1.82) is 0 Å². The van der Waals surface area contributed by atoms with Crippen LogP contribution in [0.4, 0.5) is 11.4 Å². The topological polar surface area (TPSA) is 108 Å². The second-order valence-electron chi connectivity index (χ2n) is 5.96. The van der Waals surface area contributed by atoms with Gasteiger partial charge in [-0.25, -0.2) is 0 Å². The number of halogens is 1. The molecule has 9 heteroatoms. The third-order valence-corrected chi connectivity index (χ3v) is 4.27. The Kier molecular flexibility index (Phi) is 7.97. The lowest BCUT2D eigenvalue weighted by atomic mass is 9.92. The summed E-state index contributed by atoms with van der Waals surface area (Å²) in [6.45, 7) is 3.37. The van der Waals surface area contributed by atoms with E-state index >= 15 is 0 Å². The van der Waals surface area contributed by atoms with E-state index in [1.54, 1.807) is 44.2 Å². The van der Waals surface area contributed by atoms with E-state index in [0.29, 0.717) is 16.3 Å². The van der Waals surface area contributed by atoms with E-state index in [4.69, 9.17) is 21.1 Å². The van der Waals surface area contributed by atoms with Crippen LogP contribution in [-0.4, -0.2) is 30.1 Å². The van der Waals surface area contributed by atoms with Crippen LogP contribution in [0.2, 0.25) is 5.02 Å². The molecule has 0 bridgehead atoms. The van der Waals surface area contributed by atoms with Gasteiger partial charge in [-0.15, -0.1) is 0 Å². The predicted molar refractivity (Wildman–Crippen MR) is 108 cm³/mol. The number of rotatable bonds is 9. The van der Waals surface area contributed by atoms with Gasteiger partial charge in [0.05, 0.1) is 24.2 Å². The molecule has 0 heterocycles. The fraction of sp³-hybridized carbons (Fsp3) is 0.300. The van der Waals surface area contributed by atoms with Gasteiger partial charge in [0.1, 0.15) is 0 Å². The number of nitro benzene ring substituents is 1. The van der Waals surface area contributed by atoms with Gasteiger partial charge in [0.25, 0.3) is 5.69 Å². The van der Waals surface area contributed by atoms with E-state index in [1.807, 2.05) is 0 Å². The Balaban J connectivity index is 2.54. The van der Waals surface area contributed by atoms with Crippen LogP contribution in [0.1, 0.15) is 25.5 Å². The van der Waals surface area contributed by atoms with Gasteiger partial charge >= 0.3 is 11.9 Å². The molecule has 2 aromatic carbocycles. The summed E-state index contributed by atoms with van der Waals surface area (Å²) in [6, 6.07) is 11.3. The summed E-state index contributed by atoms with van der Waals surface area (Å²) in [5, 5.41) is 14.8. The summed E-state index contributed by atoms with van der Waals surface area (Å²) < 4.78 is 10.1. The molecule has 1 N–H and O–H groups in total. The minimum atomic E-state index is -1.37. The lowest BCUT2D eigenvalue weighted by Gasteiger charge is -2.26. The molecule has 0 aliphatic rings. The highest BCUT2D eigenvalue weighted by Crippen LogP contribution is 2.31. The molecule has 0 aromatic heterocycles. The molecule has 2 aromatic rings. The maximum atomic E-state index is 12.6. The normalized spacial score (nSPS) is 11.6. The molecular weight excluding hydrogens is 400 g/mol. The monoisotopic (exact) mass is 420 g/mol. The number of nitrogens with zero attached hydrogens (tertiary/aromatic N) is 1. The van der Waals surface area contributed by atoms with Crippen LogP contribution < -0.4 is 5.32 Å². The standard InChI is InChI=1S/C20H21ClN2O6/c1-3-28-19(24)17(20(25)29-4-2)18(22-15-10-8-14(21)9-11-15)13-6-5-7-16(12-13)23(26)27/h5-12,17-18,22H,3-4H2,1-2H3. The Bertz CT molecular complexity index is 854. The molecule has 0 saturated carbocycles.